The minimum atomic E-state index is 1.00. The predicted molar refractivity (Wildman–Crippen MR) is 46.2 cm³/mol. The molecule has 0 radical (unpaired) electrons. The Balaban J connectivity index is 1.96. The molecule has 3 fully saturated rings. The molecule has 0 nitrogen and oxygen atoms in total. The highest BCUT2D eigenvalue weighted by Crippen LogP contribution is 2.51. The Morgan fingerprint density at radius 3 is 2.82 bits per heavy atom. The highest BCUT2D eigenvalue weighted by molar-refractivity contribution is 5.06. The van der Waals surface area contributed by atoms with Crippen LogP contribution in [0.25, 0.3) is 0 Å². The summed E-state index contributed by atoms with van der Waals surface area (Å²) in [5.74, 6) is 4.31. The average Bonchev–Trinajstić information content (AvgIpc) is 2.05. The van der Waals surface area contributed by atoms with E-state index in [0.717, 1.165) is 23.7 Å². The summed E-state index contributed by atoms with van der Waals surface area (Å²) in [6.45, 7) is 0. The van der Waals surface area contributed by atoms with Crippen LogP contribution in [0.1, 0.15) is 32.1 Å². The number of rotatable bonds is 0. The molecule has 0 spiro atoms. The summed E-state index contributed by atoms with van der Waals surface area (Å²) in [7, 11) is 0. The van der Waals surface area contributed by atoms with Crippen molar-refractivity contribution >= 4 is 0 Å². The van der Waals surface area contributed by atoms with E-state index in [0.29, 0.717) is 0 Å². The standard InChI is InChI=1S/C11H16/c1-2-9-6-8-4-5-11(9)10(3-1)7-8/h1-2,8-11H,3-7H2. The van der Waals surface area contributed by atoms with E-state index in [1.165, 1.54) is 12.8 Å². The van der Waals surface area contributed by atoms with Gasteiger partial charge in [-0.25, -0.2) is 0 Å². The fraction of sp³-hybridized carbons (Fsp3) is 0.818. The van der Waals surface area contributed by atoms with Crippen molar-refractivity contribution in [3.8, 4) is 0 Å². The van der Waals surface area contributed by atoms with E-state index in [-0.39, 0.29) is 0 Å². The number of hydrogen-bond donors (Lipinski definition) is 0. The molecule has 3 saturated carbocycles. The Morgan fingerprint density at radius 1 is 1.09 bits per heavy atom. The zero-order valence-corrected chi connectivity index (χ0v) is 7.00. The Morgan fingerprint density at radius 2 is 2.09 bits per heavy atom. The van der Waals surface area contributed by atoms with Crippen LogP contribution < -0.4 is 0 Å². The van der Waals surface area contributed by atoms with Gasteiger partial charge in [0.05, 0.1) is 0 Å². The summed E-state index contributed by atoms with van der Waals surface area (Å²) >= 11 is 0. The van der Waals surface area contributed by atoms with E-state index in [9.17, 15) is 0 Å². The second-order valence-electron chi connectivity index (χ2n) is 4.67. The van der Waals surface area contributed by atoms with Crippen molar-refractivity contribution in [1.82, 2.24) is 0 Å². The lowest BCUT2D eigenvalue weighted by Crippen LogP contribution is -2.38. The maximum Gasteiger partial charge on any atom is -0.0200 e. The third kappa shape index (κ3) is 0.816. The summed E-state index contributed by atoms with van der Waals surface area (Å²) in [6, 6.07) is 0. The first-order valence-corrected chi connectivity index (χ1v) is 5.10. The minimum absolute atomic E-state index is 1.00. The molecular formula is C11H16. The van der Waals surface area contributed by atoms with Gasteiger partial charge in [-0.1, -0.05) is 18.6 Å². The van der Waals surface area contributed by atoms with Crippen molar-refractivity contribution in [3.63, 3.8) is 0 Å². The van der Waals surface area contributed by atoms with Crippen LogP contribution in [0.2, 0.25) is 0 Å². The lowest BCUT2D eigenvalue weighted by atomic mass is 9.57. The Labute approximate surface area is 68.7 Å². The molecular weight excluding hydrogens is 132 g/mol. The third-order valence-corrected chi connectivity index (χ3v) is 4.13. The molecule has 0 heteroatoms. The lowest BCUT2D eigenvalue weighted by Gasteiger charge is -2.48. The molecule has 4 unspecified atom stereocenters. The Hall–Kier alpha value is -0.260. The van der Waals surface area contributed by atoms with Gasteiger partial charge in [-0.15, -0.1) is 0 Å². The van der Waals surface area contributed by atoms with Crippen LogP contribution in [0.4, 0.5) is 0 Å². The van der Waals surface area contributed by atoms with Crippen molar-refractivity contribution in [2.45, 2.75) is 32.1 Å². The van der Waals surface area contributed by atoms with Gasteiger partial charge in [0, 0.05) is 0 Å². The van der Waals surface area contributed by atoms with Gasteiger partial charge in [0.15, 0.2) is 0 Å². The summed E-state index contributed by atoms with van der Waals surface area (Å²) in [6.07, 6.45) is 12.5. The van der Waals surface area contributed by atoms with Gasteiger partial charge in [0.2, 0.25) is 0 Å². The van der Waals surface area contributed by atoms with E-state index in [4.69, 9.17) is 0 Å². The molecule has 0 heterocycles. The first kappa shape index (κ1) is 6.28. The van der Waals surface area contributed by atoms with Crippen molar-refractivity contribution in [1.29, 1.82) is 0 Å². The molecule has 4 atom stereocenters. The maximum atomic E-state index is 2.51. The van der Waals surface area contributed by atoms with E-state index in [1.54, 1.807) is 19.3 Å². The molecule has 4 aliphatic rings. The molecule has 60 valence electrons. The van der Waals surface area contributed by atoms with Crippen molar-refractivity contribution in [3.05, 3.63) is 12.2 Å². The lowest BCUT2D eigenvalue weighted by molar-refractivity contribution is 0.0530. The topological polar surface area (TPSA) is 0 Å². The fourth-order valence-electron chi connectivity index (χ4n) is 3.64. The molecule has 0 amide bonds. The zero-order valence-electron chi connectivity index (χ0n) is 7.00. The maximum absolute atomic E-state index is 2.51. The van der Waals surface area contributed by atoms with E-state index in [2.05, 4.69) is 12.2 Å². The Kier molecular flexibility index (Phi) is 1.21. The third-order valence-electron chi connectivity index (χ3n) is 4.13. The number of hydrogen-bond acceptors (Lipinski definition) is 0. The number of fused-ring (bicyclic) bond motifs is 1. The molecule has 0 aromatic carbocycles. The van der Waals surface area contributed by atoms with Gasteiger partial charge in [-0.3, -0.25) is 0 Å². The van der Waals surface area contributed by atoms with Gasteiger partial charge < -0.3 is 0 Å². The first-order chi connectivity index (χ1) is 5.43. The highest BCUT2D eigenvalue weighted by atomic mass is 14.5. The van der Waals surface area contributed by atoms with Crippen LogP contribution in [0.3, 0.4) is 0 Å². The zero-order chi connectivity index (χ0) is 7.26. The SMILES string of the molecule is C1=CC2CC3CCC2C(C1)C3. The van der Waals surface area contributed by atoms with Gasteiger partial charge in [-0.05, 0) is 49.4 Å². The molecule has 4 rings (SSSR count). The quantitative estimate of drug-likeness (QED) is 0.463. The molecule has 0 aromatic rings. The van der Waals surface area contributed by atoms with Gasteiger partial charge in [0.25, 0.3) is 0 Å². The van der Waals surface area contributed by atoms with Crippen LogP contribution in [0, 0.1) is 23.7 Å². The van der Waals surface area contributed by atoms with Crippen LogP contribution in [-0.2, 0) is 0 Å². The molecule has 0 N–H and O–H groups in total. The molecule has 11 heavy (non-hydrogen) atoms. The second-order valence-corrected chi connectivity index (χ2v) is 4.67. The smallest absolute Gasteiger partial charge is 0.0200 e. The van der Waals surface area contributed by atoms with E-state index in [1.807, 2.05) is 0 Å². The van der Waals surface area contributed by atoms with E-state index < -0.39 is 0 Å². The van der Waals surface area contributed by atoms with Crippen LogP contribution in [0.15, 0.2) is 12.2 Å². The second kappa shape index (κ2) is 2.12. The van der Waals surface area contributed by atoms with Crippen LogP contribution in [0.5, 0.6) is 0 Å². The van der Waals surface area contributed by atoms with Gasteiger partial charge in [-0.2, -0.15) is 0 Å². The summed E-state index contributed by atoms with van der Waals surface area (Å²) in [5.41, 5.74) is 0. The predicted octanol–water partition coefficient (Wildman–Crippen LogP) is 3.00. The van der Waals surface area contributed by atoms with E-state index >= 15 is 0 Å². The highest BCUT2D eigenvalue weighted by Gasteiger charge is 2.41. The first-order valence-electron chi connectivity index (χ1n) is 5.10. The van der Waals surface area contributed by atoms with Crippen LogP contribution >= 0.6 is 0 Å². The molecule has 4 bridgehead atoms. The monoisotopic (exact) mass is 148 g/mol. The minimum Gasteiger partial charge on any atom is -0.0880 e. The molecule has 4 aliphatic carbocycles. The van der Waals surface area contributed by atoms with Crippen molar-refractivity contribution in [2.75, 3.05) is 0 Å². The summed E-state index contributed by atoms with van der Waals surface area (Å²) < 4.78 is 0. The van der Waals surface area contributed by atoms with Gasteiger partial charge in [0.1, 0.15) is 0 Å². The summed E-state index contributed by atoms with van der Waals surface area (Å²) in [5, 5.41) is 0. The van der Waals surface area contributed by atoms with Gasteiger partial charge >= 0.3 is 0 Å². The largest absolute Gasteiger partial charge is 0.0880 e. The molecule has 0 aromatic heterocycles. The molecule has 0 saturated heterocycles. The summed E-state index contributed by atoms with van der Waals surface area (Å²) in [4.78, 5) is 0. The fourth-order valence-corrected chi connectivity index (χ4v) is 3.64. The normalized spacial score (nSPS) is 53.1. The Bertz CT molecular complexity index is 192. The number of allylic oxidation sites excluding steroid dienone is 2. The van der Waals surface area contributed by atoms with Crippen molar-refractivity contribution in [2.24, 2.45) is 23.7 Å². The average molecular weight is 148 g/mol. The van der Waals surface area contributed by atoms with Crippen molar-refractivity contribution < 1.29 is 0 Å². The van der Waals surface area contributed by atoms with Crippen LogP contribution in [-0.4, -0.2) is 0 Å². The molecule has 0 aliphatic heterocycles.